The Hall–Kier alpha value is -1.57. The van der Waals surface area contributed by atoms with Gasteiger partial charge in [0.05, 0.1) is 0 Å². The van der Waals surface area contributed by atoms with Crippen molar-refractivity contribution >= 4 is 11.5 Å². The van der Waals surface area contributed by atoms with Crippen molar-refractivity contribution in [3.8, 4) is 0 Å². The zero-order chi connectivity index (χ0) is 11.4. The van der Waals surface area contributed by atoms with Crippen LogP contribution >= 0.6 is 0 Å². The van der Waals surface area contributed by atoms with Crippen molar-refractivity contribution in [3.05, 3.63) is 41.6 Å². The quantitative estimate of drug-likeness (QED) is 0.704. The SMILES string of the molecule is CC(=O)/C=C(/C)N(C)c1ccccc1C. The lowest BCUT2D eigenvalue weighted by Crippen LogP contribution is -2.16. The van der Waals surface area contributed by atoms with Gasteiger partial charge in [0, 0.05) is 18.4 Å². The minimum absolute atomic E-state index is 0.0768. The molecule has 1 aromatic carbocycles. The topological polar surface area (TPSA) is 20.3 Å². The molecule has 0 saturated heterocycles. The van der Waals surface area contributed by atoms with E-state index in [0.29, 0.717) is 0 Å². The molecule has 0 atom stereocenters. The third-order valence-corrected chi connectivity index (χ3v) is 2.42. The van der Waals surface area contributed by atoms with Gasteiger partial charge >= 0.3 is 0 Å². The normalized spacial score (nSPS) is 11.3. The first kappa shape index (κ1) is 11.5. The highest BCUT2D eigenvalue weighted by Crippen LogP contribution is 2.21. The van der Waals surface area contributed by atoms with Crippen molar-refractivity contribution in [3.63, 3.8) is 0 Å². The number of benzene rings is 1. The lowest BCUT2D eigenvalue weighted by Gasteiger charge is -2.21. The summed E-state index contributed by atoms with van der Waals surface area (Å²) in [5, 5.41) is 0. The molecule has 0 saturated carbocycles. The van der Waals surface area contributed by atoms with E-state index in [-0.39, 0.29) is 5.78 Å². The van der Waals surface area contributed by atoms with Crippen LogP contribution in [0.15, 0.2) is 36.0 Å². The van der Waals surface area contributed by atoms with Crippen LogP contribution in [0.5, 0.6) is 0 Å². The van der Waals surface area contributed by atoms with Gasteiger partial charge in [-0.15, -0.1) is 0 Å². The third-order valence-electron chi connectivity index (χ3n) is 2.42. The third kappa shape index (κ3) is 2.94. The molecular formula is C13H17NO. The van der Waals surface area contributed by atoms with E-state index in [9.17, 15) is 4.79 Å². The zero-order valence-electron chi connectivity index (χ0n) is 9.74. The molecule has 0 N–H and O–H groups in total. The summed E-state index contributed by atoms with van der Waals surface area (Å²) in [6, 6.07) is 8.12. The van der Waals surface area contributed by atoms with E-state index in [0.717, 1.165) is 11.4 Å². The molecule has 0 bridgehead atoms. The number of rotatable bonds is 3. The summed E-state index contributed by atoms with van der Waals surface area (Å²) in [5.41, 5.74) is 3.29. The molecule has 0 amide bonds. The van der Waals surface area contributed by atoms with Crippen LogP contribution in [0.1, 0.15) is 19.4 Å². The Kier molecular flexibility index (Phi) is 3.67. The van der Waals surface area contributed by atoms with Gasteiger partial charge in [0.1, 0.15) is 0 Å². The van der Waals surface area contributed by atoms with Crippen LogP contribution in [-0.4, -0.2) is 12.8 Å². The summed E-state index contributed by atoms with van der Waals surface area (Å²) in [5.74, 6) is 0.0768. The maximum absolute atomic E-state index is 11.0. The van der Waals surface area contributed by atoms with Gasteiger partial charge in [0.15, 0.2) is 5.78 Å². The van der Waals surface area contributed by atoms with E-state index >= 15 is 0 Å². The number of carbonyl (C=O) groups is 1. The molecule has 0 aromatic heterocycles. The molecule has 2 nitrogen and oxygen atoms in total. The Morgan fingerprint density at radius 1 is 1.27 bits per heavy atom. The molecule has 0 radical (unpaired) electrons. The molecular weight excluding hydrogens is 186 g/mol. The molecule has 80 valence electrons. The fraction of sp³-hybridized carbons (Fsp3) is 0.308. The molecule has 0 fully saturated rings. The number of anilines is 1. The smallest absolute Gasteiger partial charge is 0.154 e. The minimum Gasteiger partial charge on any atom is -0.348 e. The first-order valence-corrected chi connectivity index (χ1v) is 5.00. The molecule has 0 unspecified atom stereocenters. The van der Waals surface area contributed by atoms with Crippen molar-refractivity contribution in [2.75, 3.05) is 11.9 Å². The summed E-state index contributed by atoms with van der Waals surface area (Å²) in [6.45, 7) is 5.57. The van der Waals surface area contributed by atoms with Gasteiger partial charge in [0.2, 0.25) is 0 Å². The molecule has 0 aliphatic rings. The number of aryl methyl sites for hydroxylation is 1. The standard InChI is InChI=1S/C13H17NO/c1-10-7-5-6-8-13(10)14(4)11(2)9-12(3)15/h5-9H,1-4H3/b11-9-. The molecule has 0 aliphatic heterocycles. The fourth-order valence-corrected chi connectivity index (χ4v) is 1.52. The Bertz CT molecular complexity index is 393. The van der Waals surface area contributed by atoms with Gasteiger partial charge < -0.3 is 4.90 Å². The first-order valence-electron chi connectivity index (χ1n) is 5.00. The molecule has 1 aromatic rings. The van der Waals surface area contributed by atoms with E-state index in [1.54, 1.807) is 13.0 Å². The summed E-state index contributed by atoms with van der Waals surface area (Å²) in [7, 11) is 1.97. The molecule has 0 heterocycles. The van der Waals surface area contributed by atoms with E-state index in [1.807, 2.05) is 37.1 Å². The second-order valence-electron chi connectivity index (χ2n) is 3.74. The van der Waals surface area contributed by atoms with Gasteiger partial charge in [-0.2, -0.15) is 0 Å². The van der Waals surface area contributed by atoms with Crippen LogP contribution in [0.2, 0.25) is 0 Å². The van der Waals surface area contributed by atoms with E-state index in [1.165, 1.54) is 5.56 Å². The van der Waals surface area contributed by atoms with Crippen LogP contribution in [-0.2, 0) is 4.79 Å². The number of hydrogen-bond acceptors (Lipinski definition) is 2. The Balaban J connectivity index is 3.00. The minimum atomic E-state index is 0.0768. The lowest BCUT2D eigenvalue weighted by molar-refractivity contribution is -0.112. The first-order chi connectivity index (χ1) is 7.02. The maximum atomic E-state index is 11.0. The molecule has 0 aliphatic carbocycles. The largest absolute Gasteiger partial charge is 0.348 e. The Morgan fingerprint density at radius 2 is 1.87 bits per heavy atom. The molecule has 15 heavy (non-hydrogen) atoms. The van der Waals surface area contributed by atoms with Crippen LogP contribution in [0, 0.1) is 6.92 Å². The van der Waals surface area contributed by atoms with Gasteiger partial charge in [-0.1, -0.05) is 18.2 Å². The number of nitrogens with zero attached hydrogens (tertiary/aromatic N) is 1. The van der Waals surface area contributed by atoms with Crippen molar-refractivity contribution in [2.45, 2.75) is 20.8 Å². The van der Waals surface area contributed by atoms with Gasteiger partial charge in [-0.3, -0.25) is 4.79 Å². The molecule has 1 rings (SSSR count). The second-order valence-corrected chi connectivity index (χ2v) is 3.74. The molecule has 0 spiro atoms. The molecule has 2 heteroatoms. The second kappa shape index (κ2) is 4.78. The number of para-hydroxylation sites is 1. The fourth-order valence-electron chi connectivity index (χ4n) is 1.52. The van der Waals surface area contributed by atoms with Gasteiger partial charge in [-0.25, -0.2) is 0 Å². The Labute approximate surface area is 91.2 Å². The summed E-state index contributed by atoms with van der Waals surface area (Å²) >= 11 is 0. The monoisotopic (exact) mass is 203 g/mol. The van der Waals surface area contributed by atoms with Gasteiger partial charge in [-0.05, 0) is 38.5 Å². The maximum Gasteiger partial charge on any atom is 0.154 e. The van der Waals surface area contributed by atoms with Crippen molar-refractivity contribution in [2.24, 2.45) is 0 Å². The average molecular weight is 203 g/mol. The summed E-state index contributed by atoms with van der Waals surface area (Å²) in [4.78, 5) is 13.0. The number of ketones is 1. The van der Waals surface area contributed by atoms with Crippen molar-refractivity contribution < 1.29 is 4.79 Å². The van der Waals surface area contributed by atoms with Crippen LogP contribution < -0.4 is 4.90 Å². The van der Waals surface area contributed by atoms with Gasteiger partial charge in [0.25, 0.3) is 0 Å². The highest BCUT2D eigenvalue weighted by molar-refractivity contribution is 5.88. The van der Waals surface area contributed by atoms with E-state index < -0.39 is 0 Å². The zero-order valence-corrected chi connectivity index (χ0v) is 9.74. The van der Waals surface area contributed by atoms with Crippen LogP contribution in [0.25, 0.3) is 0 Å². The van der Waals surface area contributed by atoms with Crippen molar-refractivity contribution in [1.82, 2.24) is 0 Å². The number of carbonyl (C=O) groups excluding carboxylic acids is 1. The van der Waals surface area contributed by atoms with E-state index in [4.69, 9.17) is 0 Å². The Morgan fingerprint density at radius 3 is 2.40 bits per heavy atom. The van der Waals surface area contributed by atoms with Crippen LogP contribution in [0.4, 0.5) is 5.69 Å². The lowest BCUT2D eigenvalue weighted by atomic mass is 10.1. The summed E-state index contributed by atoms with van der Waals surface area (Å²) < 4.78 is 0. The highest BCUT2D eigenvalue weighted by Gasteiger charge is 2.05. The van der Waals surface area contributed by atoms with Crippen molar-refractivity contribution in [1.29, 1.82) is 0 Å². The number of hydrogen-bond donors (Lipinski definition) is 0. The average Bonchev–Trinajstić information content (AvgIpc) is 2.16. The van der Waals surface area contributed by atoms with Crippen LogP contribution in [0.3, 0.4) is 0 Å². The van der Waals surface area contributed by atoms with E-state index in [2.05, 4.69) is 13.0 Å². The predicted molar refractivity (Wildman–Crippen MR) is 64.0 cm³/mol. The summed E-state index contributed by atoms with van der Waals surface area (Å²) in [6.07, 6.45) is 1.65. The highest BCUT2D eigenvalue weighted by atomic mass is 16.1. The number of allylic oxidation sites excluding steroid dienone is 2. The predicted octanol–water partition coefficient (Wildman–Crippen LogP) is 2.92.